The first-order valence-electron chi connectivity index (χ1n) is 3.62. The van der Waals surface area contributed by atoms with Crippen molar-refractivity contribution < 1.29 is 18.9 Å². The van der Waals surface area contributed by atoms with E-state index in [1.165, 1.54) is 4.90 Å². The van der Waals surface area contributed by atoms with E-state index in [-0.39, 0.29) is 18.9 Å². The summed E-state index contributed by atoms with van der Waals surface area (Å²) in [5.41, 5.74) is 1.03. The van der Waals surface area contributed by atoms with E-state index < -0.39 is 0 Å². The van der Waals surface area contributed by atoms with Crippen LogP contribution in [0.3, 0.4) is 0 Å². The predicted molar refractivity (Wildman–Crippen MR) is 53.9 cm³/mol. The number of benzene rings is 1. The van der Waals surface area contributed by atoms with Crippen molar-refractivity contribution in [2.24, 2.45) is 0 Å². The Kier molecular flexibility index (Phi) is 3.82. The van der Waals surface area contributed by atoms with Gasteiger partial charge in [0.2, 0.25) is 0 Å². The molecule has 0 N–H and O–H groups in total. The van der Waals surface area contributed by atoms with Crippen LogP contribution in [-0.2, 0) is 0 Å². The minimum atomic E-state index is 0. The van der Waals surface area contributed by atoms with Gasteiger partial charge in [0, 0.05) is 5.03 Å². The minimum Gasteiger partial charge on any atom is -0.650 e. The Hall–Kier alpha value is -0.00260. The molecule has 1 aliphatic heterocycles. The zero-order valence-electron chi connectivity index (χ0n) is 7.54. The molecule has 1 aliphatic rings. The Balaban J connectivity index is 0.000000845. The van der Waals surface area contributed by atoms with Crippen molar-refractivity contribution in [3.63, 3.8) is 0 Å². The zero-order valence-corrected chi connectivity index (χ0v) is 9.12. The maximum Gasteiger partial charge on any atom is 1.00 e. The quantitative estimate of drug-likeness (QED) is 0.579. The van der Waals surface area contributed by atoms with Gasteiger partial charge < -0.3 is 5.32 Å². The number of hydrogen-bond donors (Lipinski definition) is 0. The molecule has 0 atom stereocenters. The molecule has 1 aromatic carbocycles. The van der Waals surface area contributed by atoms with E-state index in [0.29, 0.717) is 0 Å². The molecule has 0 aliphatic carbocycles. The van der Waals surface area contributed by atoms with Crippen molar-refractivity contribution in [1.29, 1.82) is 0 Å². The summed E-state index contributed by atoms with van der Waals surface area (Å²) < 4.78 is 0. The van der Waals surface area contributed by atoms with Gasteiger partial charge in [0.05, 0.1) is 0 Å². The van der Waals surface area contributed by atoms with Crippen LogP contribution in [0.2, 0.25) is 0 Å². The van der Waals surface area contributed by atoms with Crippen LogP contribution >= 0.6 is 23.4 Å². The maximum atomic E-state index is 5.84. The van der Waals surface area contributed by atoms with E-state index >= 15 is 0 Å². The fourth-order valence-electron chi connectivity index (χ4n) is 1.02. The normalized spacial score (nSPS) is 17.1. The van der Waals surface area contributed by atoms with E-state index in [9.17, 15) is 0 Å². The second-order valence-corrected chi connectivity index (χ2v) is 4.12. The number of hydrogen-bond acceptors (Lipinski definition) is 1. The van der Waals surface area contributed by atoms with Gasteiger partial charge in [-0.05, 0) is 17.9 Å². The fraction of sp³-hybridized carbons (Fsp3) is 0.111. The summed E-state index contributed by atoms with van der Waals surface area (Å²) in [6.07, 6.45) is 0. The molecule has 0 saturated heterocycles. The smallest absolute Gasteiger partial charge is 0.650 e. The third-order valence-electron chi connectivity index (χ3n) is 1.59. The van der Waals surface area contributed by atoms with Gasteiger partial charge >= 0.3 is 18.9 Å². The molecule has 0 spiro atoms. The predicted octanol–water partition coefficient (Wildman–Crippen LogP) is 1.23. The Bertz CT molecular complexity index is 320. The molecule has 0 radical (unpaired) electrons. The number of allylic oxidation sites excluding steroid dienone is 1. The van der Waals surface area contributed by atoms with E-state index in [1.807, 2.05) is 25.1 Å². The number of fused-ring (bicyclic) bond motifs is 1. The molecule has 62 valence electrons. The third-order valence-corrected chi connectivity index (χ3v) is 3.04. The van der Waals surface area contributed by atoms with E-state index in [1.54, 1.807) is 11.8 Å². The molecule has 1 aromatic rings. The van der Waals surface area contributed by atoms with Gasteiger partial charge in [0.15, 0.2) is 0 Å². The van der Waals surface area contributed by atoms with E-state index in [0.717, 1.165) is 15.7 Å². The molecule has 0 saturated carbocycles. The average molecular weight is 204 g/mol. The summed E-state index contributed by atoms with van der Waals surface area (Å²) >= 11 is 7.46. The van der Waals surface area contributed by atoms with Gasteiger partial charge in [-0.2, -0.15) is 0 Å². The second kappa shape index (κ2) is 4.48. The van der Waals surface area contributed by atoms with E-state index in [2.05, 4.69) is 11.4 Å². The largest absolute Gasteiger partial charge is 1.00 e. The first-order chi connectivity index (χ1) is 5.77. The van der Waals surface area contributed by atoms with Gasteiger partial charge in [-0.1, -0.05) is 34.8 Å². The number of rotatable bonds is 0. The van der Waals surface area contributed by atoms with Gasteiger partial charge in [0.1, 0.15) is 0 Å². The molecule has 0 bridgehead atoms. The Morgan fingerprint density at radius 2 is 2.08 bits per heavy atom. The summed E-state index contributed by atoms with van der Waals surface area (Å²) in [6.45, 7) is 1.86. The van der Waals surface area contributed by atoms with Crippen LogP contribution < -0.4 is 18.9 Å². The van der Waals surface area contributed by atoms with Gasteiger partial charge in [-0.25, -0.2) is 0 Å². The summed E-state index contributed by atoms with van der Waals surface area (Å²) in [5.74, 6) is 0. The van der Waals surface area contributed by atoms with Crippen LogP contribution in [0.4, 0.5) is 5.69 Å². The Labute approximate surface area is 99.1 Å². The molecule has 13 heavy (non-hydrogen) atoms. The number of thioether (sulfide) groups is 1. The number of para-hydroxylation sites is 1. The van der Waals surface area contributed by atoms with Gasteiger partial charge in [0.25, 0.3) is 0 Å². The summed E-state index contributed by atoms with van der Waals surface area (Å²) in [5, 5.41) is 6.04. The molecule has 0 amide bonds. The minimum absolute atomic E-state index is 0. The molecular weight excluding hydrogens is 197 g/mol. The Morgan fingerprint density at radius 3 is 2.69 bits per heavy atom. The molecule has 0 fully saturated rings. The van der Waals surface area contributed by atoms with Gasteiger partial charge in [-0.3, -0.25) is 0 Å². The molecule has 1 nitrogen and oxygen atoms in total. The second-order valence-electron chi connectivity index (χ2n) is 2.52. The SMILES string of the molecule is C/C(Cl)=C1/[N-]c2ccccc2S1.[Li+]. The van der Waals surface area contributed by atoms with Crippen LogP contribution in [0.25, 0.3) is 5.32 Å². The van der Waals surface area contributed by atoms with Crippen LogP contribution in [0.5, 0.6) is 0 Å². The standard InChI is InChI=1S/C9H7ClNS.Li/c1-6(10)9-11-7-4-2-3-5-8(7)12-9;/h2-5H,1H3;/q-1;+1/b9-6+;. The van der Waals surface area contributed by atoms with Crippen LogP contribution in [0.1, 0.15) is 6.92 Å². The van der Waals surface area contributed by atoms with Crippen molar-refractivity contribution in [2.45, 2.75) is 11.8 Å². The van der Waals surface area contributed by atoms with Crippen molar-refractivity contribution in [2.75, 3.05) is 0 Å². The Morgan fingerprint density at radius 1 is 1.38 bits per heavy atom. The van der Waals surface area contributed by atoms with Crippen molar-refractivity contribution in [3.8, 4) is 0 Å². The number of nitrogens with zero attached hydrogens (tertiary/aromatic N) is 1. The van der Waals surface area contributed by atoms with E-state index in [4.69, 9.17) is 11.6 Å². The first kappa shape index (κ1) is 11.1. The molecule has 0 unspecified atom stereocenters. The van der Waals surface area contributed by atoms with Crippen molar-refractivity contribution in [3.05, 3.63) is 39.6 Å². The number of halogens is 1. The maximum absolute atomic E-state index is 5.84. The van der Waals surface area contributed by atoms with Gasteiger partial charge in [-0.15, -0.1) is 17.4 Å². The topological polar surface area (TPSA) is 14.1 Å². The molecular formula is C9H7ClLiNS. The summed E-state index contributed by atoms with van der Waals surface area (Å²) in [4.78, 5) is 1.19. The molecule has 4 heteroatoms. The zero-order chi connectivity index (χ0) is 8.55. The van der Waals surface area contributed by atoms with Crippen LogP contribution in [0, 0.1) is 0 Å². The molecule has 0 aromatic heterocycles. The fourth-order valence-corrected chi connectivity index (χ4v) is 2.04. The molecule has 2 rings (SSSR count). The van der Waals surface area contributed by atoms with Crippen LogP contribution in [0.15, 0.2) is 39.2 Å². The molecule has 1 heterocycles. The summed E-state index contributed by atoms with van der Waals surface area (Å²) in [6, 6.07) is 8.04. The van der Waals surface area contributed by atoms with Crippen molar-refractivity contribution >= 4 is 29.1 Å². The first-order valence-corrected chi connectivity index (χ1v) is 4.82. The monoisotopic (exact) mass is 203 g/mol. The van der Waals surface area contributed by atoms with Crippen molar-refractivity contribution in [1.82, 2.24) is 0 Å². The van der Waals surface area contributed by atoms with Crippen LogP contribution in [-0.4, -0.2) is 0 Å². The average Bonchev–Trinajstić information content (AvgIpc) is 2.46. The summed E-state index contributed by atoms with van der Waals surface area (Å²) in [7, 11) is 0. The third kappa shape index (κ3) is 2.27.